The quantitative estimate of drug-likeness (QED) is 0.774. The third kappa shape index (κ3) is 2.62. The van der Waals surface area contributed by atoms with Gasteiger partial charge in [0.05, 0.1) is 6.33 Å². The lowest BCUT2D eigenvalue weighted by molar-refractivity contribution is 1.10. The van der Waals surface area contributed by atoms with Gasteiger partial charge >= 0.3 is 0 Å². The molecule has 0 bridgehead atoms. The second-order valence-corrected chi connectivity index (χ2v) is 5.02. The summed E-state index contributed by atoms with van der Waals surface area (Å²) in [5.74, 6) is 0.558. The maximum Gasteiger partial charge on any atom is 0.266 e. The minimum absolute atomic E-state index is 0.145. The summed E-state index contributed by atoms with van der Waals surface area (Å²) in [7, 11) is 0. The first-order valence-electron chi connectivity index (χ1n) is 4.42. The lowest BCUT2D eigenvalue weighted by Crippen LogP contribution is -2.12. The topological polar surface area (TPSA) is 57.8 Å². The number of nitrogens with one attached hydrogen (secondary N) is 2. The molecule has 1 heterocycles. The summed E-state index contributed by atoms with van der Waals surface area (Å²) in [5, 5.41) is 3.09. The number of benzene rings is 1. The van der Waals surface area contributed by atoms with Gasteiger partial charge in [-0.05, 0) is 40.8 Å². The fraction of sp³-hybridized carbons (Fsp3) is 0. The Morgan fingerprint density at radius 2 is 2.25 bits per heavy atom. The highest BCUT2D eigenvalue weighted by atomic mass is 127. The summed E-state index contributed by atoms with van der Waals surface area (Å²) in [5.41, 5.74) is 0.735. The van der Waals surface area contributed by atoms with Gasteiger partial charge in [0.25, 0.3) is 5.56 Å². The highest BCUT2D eigenvalue weighted by molar-refractivity contribution is 14.1. The van der Waals surface area contributed by atoms with E-state index in [9.17, 15) is 4.79 Å². The normalized spacial score (nSPS) is 10.1. The van der Waals surface area contributed by atoms with Crippen LogP contribution in [0.15, 0.2) is 39.9 Å². The number of anilines is 2. The number of aromatic nitrogens is 2. The molecule has 6 heteroatoms. The Morgan fingerprint density at radius 3 is 3.00 bits per heavy atom. The number of H-pyrrole nitrogens is 1. The van der Waals surface area contributed by atoms with Crippen LogP contribution in [0.4, 0.5) is 11.5 Å². The third-order valence-corrected chi connectivity index (χ3v) is 3.38. The zero-order chi connectivity index (χ0) is 11.5. The van der Waals surface area contributed by atoms with Crippen molar-refractivity contribution >= 4 is 50.0 Å². The van der Waals surface area contributed by atoms with Crippen LogP contribution in [0.5, 0.6) is 0 Å². The van der Waals surface area contributed by atoms with Crippen LogP contribution in [0.1, 0.15) is 0 Å². The van der Waals surface area contributed by atoms with Gasteiger partial charge in [0.15, 0.2) is 5.82 Å². The van der Waals surface area contributed by atoms with Crippen molar-refractivity contribution in [2.24, 2.45) is 0 Å². The van der Waals surface area contributed by atoms with Crippen LogP contribution in [0.25, 0.3) is 0 Å². The average molecular weight is 392 g/mol. The smallest absolute Gasteiger partial charge is 0.266 e. The number of hydrogen-bond donors (Lipinski definition) is 2. The van der Waals surface area contributed by atoms with Crippen molar-refractivity contribution in [1.82, 2.24) is 9.97 Å². The van der Waals surface area contributed by atoms with E-state index >= 15 is 0 Å². The van der Waals surface area contributed by atoms with Crippen molar-refractivity contribution in [2.75, 3.05) is 5.32 Å². The van der Waals surface area contributed by atoms with Gasteiger partial charge in [0, 0.05) is 10.2 Å². The van der Waals surface area contributed by atoms with Gasteiger partial charge in [0.1, 0.15) is 3.57 Å². The summed E-state index contributed by atoms with van der Waals surface area (Å²) in [4.78, 5) is 17.9. The molecule has 16 heavy (non-hydrogen) atoms. The van der Waals surface area contributed by atoms with E-state index in [1.54, 1.807) is 0 Å². The lowest BCUT2D eigenvalue weighted by Gasteiger charge is -2.06. The summed E-state index contributed by atoms with van der Waals surface area (Å²) in [6.07, 6.45) is 1.38. The molecule has 1 aromatic carbocycles. The third-order valence-electron chi connectivity index (χ3n) is 1.88. The van der Waals surface area contributed by atoms with Crippen LogP contribution >= 0.6 is 38.5 Å². The van der Waals surface area contributed by atoms with Crippen LogP contribution in [0.2, 0.25) is 0 Å². The second kappa shape index (κ2) is 4.96. The molecule has 2 N–H and O–H groups in total. The molecule has 0 radical (unpaired) electrons. The zero-order valence-corrected chi connectivity index (χ0v) is 11.7. The first kappa shape index (κ1) is 11.6. The molecular weight excluding hydrogens is 385 g/mol. The predicted octanol–water partition coefficient (Wildman–Crippen LogP) is 2.88. The molecule has 2 aromatic rings. The van der Waals surface area contributed by atoms with Crippen LogP contribution < -0.4 is 10.9 Å². The Morgan fingerprint density at radius 1 is 1.44 bits per heavy atom. The molecule has 0 amide bonds. The molecular formula is C10H7BrIN3O. The molecule has 82 valence electrons. The van der Waals surface area contributed by atoms with Crippen molar-refractivity contribution in [3.63, 3.8) is 0 Å². The van der Waals surface area contributed by atoms with Gasteiger partial charge in [-0.2, -0.15) is 0 Å². The Balaban J connectivity index is 2.34. The van der Waals surface area contributed by atoms with E-state index in [0.717, 1.165) is 10.2 Å². The Kier molecular flexibility index (Phi) is 3.59. The van der Waals surface area contributed by atoms with Crippen LogP contribution in [0.3, 0.4) is 0 Å². The van der Waals surface area contributed by atoms with Gasteiger partial charge in [-0.15, -0.1) is 0 Å². The molecule has 0 atom stereocenters. The number of aromatic amines is 1. The van der Waals surface area contributed by atoms with Gasteiger partial charge in [0.2, 0.25) is 0 Å². The summed E-state index contributed by atoms with van der Waals surface area (Å²) in [6.45, 7) is 0. The largest absolute Gasteiger partial charge is 0.339 e. The molecule has 4 nitrogen and oxygen atoms in total. The zero-order valence-electron chi connectivity index (χ0n) is 8.00. The molecule has 0 spiro atoms. The van der Waals surface area contributed by atoms with Crippen LogP contribution in [-0.2, 0) is 0 Å². The van der Waals surface area contributed by atoms with Crippen LogP contribution in [0, 0.1) is 3.57 Å². The molecule has 1 aromatic heterocycles. The molecule has 0 saturated heterocycles. The number of nitrogens with zero attached hydrogens (tertiary/aromatic N) is 1. The summed E-state index contributed by atoms with van der Waals surface area (Å²) < 4.78 is 1.51. The first-order valence-corrected chi connectivity index (χ1v) is 6.30. The SMILES string of the molecule is O=c1[nH]cnc(Nc2cccc(Br)c2)c1I. The highest BCUT2D eigenvalue weighted by Crippen LogP contribution is 2.20. The molecule has 0 unspecified atom stereocenters. The summed E-state index contributed by atoms with van der Waals surface area (Å²) in [6, 6.07) is 7.66. The van der Waals surface area contributed by atoms with Crippen molar-refractivity contribution in [1.29, 1.82) is 0 Å². The second-order valence-electron chi connectivity index (χ2n) is 3.03. The standard InChI is InChI=1S/C10H7BrIN3O/c11-6-2-1-3-7(4-6)15-9-8(12)10(16)14-5-13-9/h1-5H,(H2,13,14,15,16). The van der Waals surface area contributed by atoms with E-state index in [2.05, 4.69) is 31.2 Å². The van der Waals surface area contributed by atoms with Gasteiger partial charge < -0.3 is 10.3 Å². The van der Waals surface area contributed by atoms with E-state index in [4.69, 9.17) is 0 Å². The number of halogens is 2. The molecule has 0 aliphatic carbocycles. The molecule has 0 aliphatic rings. The van der Waals surface area contributed by atoms with E-state index in [1.807, 2.05) is 46.9 Å². The van der Waals surface area contributed by atoms with Crippen molar-refractivity contribution in [3.05, 3.63) is 49.0 Å². The fourth-order valence-electron chi connectivity index (χ4n) is 1.17. The molecule has 0 fully saturated rings. The number of rotatable bonds is 2. The van der Waals surface area contributed by atoms with Crippen molar-refractivity contribution in [2.45, 2.75) is 0 Å². The first-order chi connectivity index (χ1) is 7.66. The minimum atomic E-state index is -0.145. The maximum atomic E-state index is 11.3. The van der Waals surface area contributed by atoms with E-state index in [1.165, 1.54) is 6.33 Å². The lowest BCUT2D eigenvalue weighted by atomic mass is 10.3. The van der Waals surface area contributed by atoms with Gasteiger partial charge in [-0.3, -0.25) is 4.79 Å². The molecule has 0 saturated carbocycles. The average Bonchev–Trinajstić information content (AvgIpc) is 2.25. The maximum absolute atomic E-state index is 11.3. The monoisotopic (exact) mass is 391 g/mol. The van der Waals surface area contributed by atoms with Gasteiger partial charge in [-0.25, -0.2) is 4.98 Å². The van der Waals surface area contributed by atoms with E-state index in [-0.39, 0.29) is 5.56 Å². The molecule has 2 rings (SSSR count). The Labute approximate surface area is 114 Å². The van der Waals surface area contributed by atoms with Crippen LogP contribution in [-0.4, -0.2) is 9.97 Å². The number of hydrogen-bond acceptors (Lipinski definition) is 3. The van der Waals surface area contributed by atoms with E-state index in [0.29, 0.717) is 9.39 Å². The van der Waals surface area contributed by atoms with E-state index < -0.39 is 0 Å². The Hall–Kier alpha value is -0.890. The Bertz CT molecular complexity index is 570. The predicted molar refractivity (Wildman–Crippen MR) is 75.0 cm³/mol. The fourth-order valence-corrected chi connectivity index (χ4v) is 2.00. The van der Waals surface area contributed by atoms with Crippen molar-refractivity contribution in [3.8, 4) is 0 Å². The molecule has 0 aliphatic heterocycles. The minimum Gasteiger partial charge on any atom is -0.339 e. The summed E-state index contributed by atoms with van der Waals surface area (Å²) >= 11 is 5.34. The highest BCUT2D eigenvalue weighted by Gasteiger charge is 2.04. The van der Waals surface area contributed by atoms with Gasteiger partial charge in [-0.1, -0.05) is 22.0 Å². The van der Waals surface area contributed by atoms with Crippen molar-refractivity contribution < 1.29 is 0 Å².